The van der Waals surface area contributed by atoms with Crippen molar-refractivity contribution in [2.45, 2.75) is 37.0 Å². The number of ether oxygens (including phenoxy) is 1. The van der Waals surface area contributed by atoms with Gasteiger partial charge in [0.1, 0.15) is 6.10 Å². The first-order chi connectivity index (χ1) is 10.1. The fourth-order valence-electron chi connectivity index (χ4n) is 2.42. The van der Waals surface area contributed by atoms with Crippen LogP contribution in [0.15, 0.2) is 29.2 Å². The van der Waals surface area contributed by atoms with Crippen LogP contribution in [0.5, 0.6) is 0 Å². The van der Waals surface area contributed by atoms with Crippen LogP contribution in [0, 0.1) is 6.92 Å². The number of likely N-dealkylation sites (tertiary alicyclic amines) is 1. The van der Waals surface area contributed by atoms with Crippen LogP contribution in [0.2, 0.25) is 0 Å². The predicted octanol–water partition coefficient (Wildman–Crippen LogP) is 2.91. The Kier molecular flexibility index (Phi) is 5.94. The molecule has 1 fully saturated rings. The zero-order valence-corrected chi connectivity index (χ0v) is 13.8. The summed E-state index contributed by atoms with van der Waals surface area (Å²) in [6.07, 6.45) is -0.363. The van der Waals surface area contributed by atoms with Crippen LogP contribution in [0.25, 0.3) is 0 Å². The molecule has 0 aromatic heterocycles. The van der Waals surface area contributed by atoms with Gasteiger partial charge in [-0.2, -0.15) is 0 Å². The van der Waals surface area contributed by atoms with E-state index in [1.807, 2.05) is 6.92 Å². The average molecular weight is 308 g/mol. The largest absolute Gasteiger partial charge is 0.444 e. The van der Waals surface area contributed by atoms with E-state index in [2.05, 4.69) is 48.3 Å². The Morgan fingerprint density at radius 3 is 2.67 bits per heavy atom. The van der Waals surface area contributed by atoms with Crippen LogP contribution < -0.4 is 5.32 Å². The number of nitrogens with one attached hydrogen (secondary N) is 1. The van der Waals surface area contributed by atoms with E-state index in [-0.39, 0.29) is 17.4 Å². The number of likely N-dealkylation sites (N-methyl/N-ethyl adjacent to an activating group) is 1. The molecule has 1 N–H and O–H groups in total. The summed E-state index contributed by atoms with van der Waals surface area (Å²) >= 11 is 1.80. The van der Waals surface area contributed by atoms with Gasteiger partial charge in [0.25, 0.3) is 0 Å². The van der Waals surface area contributed by atoms with E-state index in [4.69, 9.17) is 4.74 Å². The molecule has 1 aliphatic rings. The van der Waals surface area contributed by atoms with Crippen molar-refractivity contribution in [3.05, 3.63) is 29.8 Å². The zero-order chi connectivity index (χ0) is 15.2. The van der Waals surface area contributed by atoms with E-state index in [9.17, 15) is 4.79 Å². The molecule has 0 spiro atoms. The van der Waals surface area contributed by atoms with Crippen LogP contribution in [0.4, 0.5) is 4.79 Å². The number of carbonyl (C=O) groups is 1. The lowest BCUT2D eigenvalue weighted by Crippen LogP contribution is -2.34. The number of aryl methyl sites for hydroxylation is 1. The molecule has 21 heavy (non-hydrogen) atoms. The van der Waals surface area contributed by atoms with Crippen molar-refractivity contribution in [2.75, 3.05) is 26.2 Å². The average Bonchev–Trinajstić information content (AvgIpc) is 2.84. The highest BCUT2D eigenvalue weighted by atomic mass is 32.2. The Morgan fingerprint density at radius 1 is 1.33 bits per heavy atom. The van der Waals surface area contributed by atoms with Crippen molar-refractivity contribution in [1.82, 2.24) is 10.2 Å². The molecule has 1 aliphatic heterocycles. The Labute approximate surface area is 131 Å². The summed E-state index contributed by atoms with van der Waals surface area (Å²) in [7, 11) is 0. The maximum atomic E-state index is 11.7. The van der Waals surface area contributed by atoms with Gasteiger partial charge in [-0.25, -0.2) is 4.79 Å². The maximum absolute atomic E-state index is 11.7. The van der Waals surface area contributed by atoms with Crippen molar-refractivity contribution < 1.29 is 9.53 Å². The zero-order valence-electron chi connectivity index (χ0n) is 13.0. The van der Waals surface area contributed by atoms with Crippen LogP contribution in [0.1, 0.15) is 19.4 Å². The number of hydrogen-bond acceptors (Lipinski definition) is 4. The second-order valence-corrected chi connectivity index (χ2v) is 6.61. The SMILES string of the molecule is CCNC(=O)O[C@H]1CN(CC)C[C@@H]1Sc1ccc(C)cc1. The molecule has 0 saturated carbocycles. The standard InChI is InChI=1S/C16H24N2O2S/c1-4-17-16(19)20-14-10-18(5-2)11-15(14)21-13-8-6-12(3)7-9-13/h6-9,14-15H,4-5,10-11H2,1-3H3,(H,17,19)/t14-,15-/m0/s1. The van der Waals surface area contributed by atoms with Gasteiger partial charge >= 0.3 is 6.09 Å². The van der Waals surface area contributed by atoms with Gasteiger partial charge in [-0.05, 0) is 32.5 Å². The van der Waals surface area contributed by atoms with Crippen molar-refractivity contribution in [3.63, 3.8) is 0 Å². The summed E-state index contributed by atoms with van der Waals surface area (Å²) in [6, 6.07) is 8.51. The van der Waals surface area contributed by atoms with E-state index in [1.54, 1.807) is 11.8 Å². The van der Waals surface area contributed by atoms with Gasteiger partial charge < -0.3 is 10.1 Å². The number of rotatable bonds is 5. The van der Waals surface area contributed by atoms with E-state index in [1.165, 1.54) is 10.5 Å². The summed E-state index contributed by atoms with van der Waals surface area (Å²) in [5, 5.41) is 3.00. The monoisotopic (exact) mass is 308 g/mol. The molecule has 116 valence electrons. The van der Waals surface area contributed by atoms with Crippen LogP contribution in [0.3, 0.4) is 0 Å². The van der Waals surface area contributed by atoms with Crippen molar-refractivity contribution >= 4 is 17.9 Å². The fraction of sp³-hybridized carbons (Fsp3) is 0.562. The lowest BCUT2D eigenvalue weighted by atomic mass is 10.2. The van der Waals surface area contributed by atoms with Crippen molar-refractivity contribution in [1.29, 1.82) is 0 Å². The molecule has 0 unspecified atom stereocenters. The van der Waals surface area contributed by atoms with Crippen molar-refractivity contribution in [2.24, 2.45) is 0 Å². The Bertz CT molecular complexity index is 464. The number of benzene rings is 1. The summed E-state index contributed by atoms with van der Waals surface area (Å²) < 4.78 is 5.58. The minimum absolute atomic E-state index is 0.0530. The van der Waals surface area contributed by atoms with E-state index in [0.29, 0.717) is 6.54 Å². The van der Waals surface area contributed by atoms with Crippen molar-refractivity contribution in [3.8, 4) is 0 Å². The fourth-order valence-corrected chi connectivity index (χ4v) is 3.64. The van der Waals surface area contributed by atoms with Crippen LogP contribution in [-0.2, 0) is 4.74 Å². The predicted molar refractivity (Wildman–Crippen MR) is 86.9 cm³/mol. The number of carbonyl (C=O) groups excluding carboxylic acids is 1. The first-order valence-electron chi connectivity index (χ1n) is 7.52. The molecule has 1 aromatic rings. The van der Waals surface area contributed by atoms with E-state index >= 15 is 0 Å². The topological polar surface area (TPSA) is 41.6 Å². The molecular formula is C16H24N2O2S. The van der Waals surface area contributed by atoms with Gasteiger partial charge in [-0.15, -0.1) is 11.8 Å². The minimum atomic E-state index is -0.310. The molecule has 2 atom stereocenters. The first kappa shape index (κ1) is 16.2. The second-order valence-electron chi connectivity index (χ2n) is 5.30. The van der Waals surface area contributed by atoms with Gasteiger partial charge in [-0.3, -0.25) is 4.90 Å². The normalized spacial score (nSPS) is 22.2. The summed E-state index contributed by atoms with van der Waals surface area (Å²) in [4.78, 5) is 15.2. The maximum Gasteiger partial charge on any atom is 0.407 e. The Morgan fingerprint density at radius 2 is 2.05 bits per heavy atom. The van der Waals surface area contributed by atoms with E-state index < -0.39 is 0 Å². The minimum Gasteiger partial charge on any atom is -0.444 e. The molecule has 4 nitrogen and oxygen atoms in total. The molecule has 1 amide bonds. The Balaban J connectivity index is 2.00. The lowest BCUT2D eigenvalue weighted by Gasteiger charge is -2.18. The van der Waals surface area contributed by atoms with E-state index in [0.717, 1.165) is 19.6 Å². The Hall–Kier alpha value is -1.20. The molecule has 0 radical (unpaired) electrons. The second kappa shape index (κ2) is 7.71. The number of hydrogen-bond donors (Lipinski definition) is 1. The third-order valence-corrected chi connectivity index (χ3v) is 4.93. The summed E-state index contributed by atoms with van der Waals surface area (Å²) in [5.41, 5.74) is 1.26. The number of alkyl carbamates (subject to hydrolysis) is 1. The molecule has 1 saturated heterocycles. The van der Waals surface area contributed by atoms with Crippen LogP contribution >= 0.6 is 11.8 Å². The molecule has 1 heterocycles. The van der Waals surface area contributed by atoms with Gasteiger partial charge in [0, 0.05) is 24.5 Å². The number of amides is 1. The molecule has 0 bridgehead atoms. The molecule has 5 heteroatoms. The third-order valence-electron chi connectivity index (χ3n) is 3.63. The molecule has 0 aliphatic carbocycles. The highest BCUT2D eigenvalue weighted by Crippen LogP contribution is 2.31. The third kappa shape index (κ3) is 4.64. The van der Waals surface area contributed by atoms with Crippen LogP contribution in [-0.4, -0.2) is 48.5 Å². The smallest absolute Gasteiger partial charge is 0.407 e. The summed E-state index contributed by atoms with van der Waals surface area (Å²) in [6.45, 7) is 9.48. The first-order valence-corrected chi connectivity index (χ1v) is 8.40. The van der Waals surface area contributed by atoms with Gasteiger partial charge in [0.05, 0.1) is 5.25 Å². The molecule has 2 rings (SSSR count). The highest BCUT2D eigenvalue weighted by Gasteiger charge is 2.35. The van der Waals surface area contributed by atoms with Gasteiger partial charge in [0.2, 0.25) is 0 Å². The quantitative estimate of drug-likeness (QED) is 0.908. The van der Waals surface area contributed by atoms with Gasteiger partial charge in [-0.1, -0.05) is 24.6 Å². The number of thioether (sulfide) groups is 1. The molecular weight excluding hydrogens is 284 g/mol. The highest BCUT2D eigenvalue weighted by molar-refractivity contribution is 8.00. The number of nitrogens with zero attached hydrogens (tertiary/aromatic N) is 1. The summed E-state index contributed by atoms with van der Waals surface area (Å²) in [5.74, 6) is 0. The lowest BCUT2D eigenvalue weighted by molar-refractivity contribution is 0.103. The molecule has 1 aromatic carbocycles. The van der Waals surface area contributed by atoms with Gasteiger partial charge in [0.15, 0.2) is 0 Å².